The van der Waals surface area contributed by atoms with Crippen LogP contribution in [0.2, 0.25) is 5.02 Å². The minimum atomic E-state index is -4.40. The lowest BCUT2D eigenvalue weighted by atomic mass is 9.98. The molecule has 1 atom stereocenters. The average molecular weight is 254 g/mol. The van der Waals surface area contributed by atoms with E-state index in [0.717, 1.165) is 0 Å². The fourth-order valence-electron chi connectivity index (χ4n) is 1.35. The van der Waals surface area contributed by atoms with Gasteiger partial charge in [-0.2, -0.15) is 13.2 Å². The van der Waals surface area contributed by atoms with E-state index in [4.69, 9.17) is 22.1 Å². The van der Waals surface area contributed by atoms with Gasteiger partial charge in [0.15, 0.2) is 0 Å². The molecular formula is C10H11ClF3NO. The average Bonchev–Trinajstić information content (AvgIpc) is 2.19. The molecule has 1 aromatic rings. The molecule has 0 aliphatic heterocycles. The van der Waals surface area contributed by atoms with Crippen molar-refractivity contribution >= 4 is 11.6 Å². The highest BCUT2D eigenvalue weighted by Gasteiger charge is 2.40. The quantitative estimate of drug-likeness (QED) is 0.899. The Morgan fingerprint density at radius 2 is 2.06 bits per heavy atom. The van der Waals surface area contributed by atoms with Gasteiger partial charge in [-0.15, -0.1) is 0 Å². The zero-order valence-corrected chi connectivity index (χ0v) is 9.27. The van der Waals surface area contributed by atoms with Crippen molar-refractivity contribution in [3.8, 4) is 5.75 Å². The van der Waals surface area contributed by atoms with Crippen LogP contribution in [0.15, 0.2) is 18.2 Å². The van der Waals surface area contributed by atoms with E-state index in [9.17, 15) is 13.2 Å². The molecule has 0 saturated heterocycles. The molecule has 2 nitrogen and oxygen atoms in total. The van der Waals surface area contributed by atoms with Gasteiger partial charge >= 0.3 is 6.18 Å². The lowest BCUT2D eigenvalue weighted by molar-refractivity contribution is -0.148. The number of halogens is 4. The van der Waals surface area contributed by atoms with Gasteiger partial charge in [-0.1, -0.05) is 17.7 Å². The molecule has 0 saturated carbocycles. The zero-order chi connectivity index (χ0) is 12.3. The van der Waals surface area contributed by atoms with Gasteiger partial charge in [-0.25, -0.2) is 0 Å². The Morgan fingerprint density at radius 1 is 1.44 bits per heavy atom. The number of hydrogen-bond acceptors (Lipinski definition) is 2. The minimum Gasteiger partial charge on any atom is -0.497 e. The first-order valence-corrected chi connectivity index (χ1v) is 4.88. The predicted molar refractivity (Wildman–Crippen MR) is 55.9 cm³/mol. The maximum Gasteiger partial charge on any atom is 0.397 e. The molecule has 0 radical (unpaired) electrons. The Hall–Kier alpha value is -0.940. The monoisotopic (exact) mass is 253 g/mol. The molecule has 0 amide bonds. The number of alkyl halides is 3. The predicted octanol–water partition coefficient (Wildman–Crippen LogP) is 2.95. The van der Waals surface area contributed by atoms with E-state index in [1.807, 2.05) is 0 Å². The van der Waals surface area contributed by atoms with Gasteiger partial charge in [0, 0.05) is 11.6 Å². The van der Waals surface area contributed by atoms with Crippen LogP contribution in [0.5, 0.6) is 5.75 Å². The fraction of sp³-hybridized carbons (Fsp3) is 0.400. The van der Waals surface area contributed by atoms with Crippen LogP contribution < -0.4 is 10.5 Å². The number of nitrogens with two attached hydrogens (primary N) is 1. The van der Waals surface area contributed by atoms with Gasteiger partial charge in [-0.3, -0.25) is 0 Å². The Labute approximate surface area is 96.1 Å². The number of benzene rings is 1. The molecular weight excluding hydrogens is 243 g/mol. The molecule has 1 unspecified atom stereocenters. The molecule has 16 heavy (non-hydrogen) atoms. The Morgan fingerprint density at radius 3 is 2.44 bits per heavy atom. The van der Waals surface area contributed by atoms with E-state index in [1.54, 1.807) is 0 Å². The van der Waals surface area contributed by atoms with E-state index in [0.29, 0.717) is 5.75 Å². The third-order valence-corrected chi connectivity index (χ3v) is 2.54. The smallest absolute Gasteiger partial charge is 0.397 e. The standard InChI is InChI=1S/C10H11ClF3NO/c1-16-6-2-3-7(9(11)4-6)8(5-15)10(12,13)14/h2-4,8H,5,15H2,1H3. The van der Waals surface area contributed by atoms with Crippen molar-refractivity contribution in [3.63, 3.8) is 0 Å². The molecule has 0 aromatic heterocycles. The molecule has 6 heteroatoms. The molecule has 90 valence electrons. The van der Waals surface area contributed by atoms with Gasteiger partial charge in [-0.05, 0) is 17.7 Å². The van der Waals surface area contributed by atoms with Crippen molar-refractivity contribution in [2.75, 3.05) is 13.7 Å². The van der Waals surface area contributed by atoms with Crippen LogP contribution in [0, 0.1) is 0 Å². The molecule has 2 N–H and O–H groups in total. The van der Waals surface area contributed by atoms with Gasteiger partial charge in [0.2, 0.25) is 0 Å². The van der Waals surface area contributed by atoms with Crippen molar-refractivity contribution in [2.45, 2.75) is 12.1 Å². The highest BCUT2D eigenvalue weighted by atomic mass is 35.5. The summed E-state index contributed by atoms with van der Waals surface area (Å²) in [5, 5.41) is 0.00660. The van der Waals surface area contributed by atoms with Crippen molar-refractivity contribution in [1.82, 2.24) is 0 Å². The van der Waals surface area contributed by atoms with Crippen LogP contribution in [0.25, 0.3) is 0 Å². The Bertz CT molecular complexity index is 368. The molecule has 1 aromatic carbocycles. The third-order valence-electron chi connectivity index (χ3n) is 2.21. The second kappa shape index (κ2) is 4.93. The summed E-state index contributed by atoms with van der Waals surface area (Å²) < 4.78 is 42.6. The van der Waals surface area contributed by atoms with E-state index in [1.165, 1.54) is 25.3 Å². The van der Waals surface area contributed by atoms with Crippen molar-refractivity contribution < 1.29 is 17.9 Å². The lowest BCUT2D eigenvalue weighted by Gasteiger charge is -2.20. The molecule has 0 spiro atoms. The summed E-state index contributed by atoms with van der Waals surface area (Å²) in [5.74, 6) is -1.34. The number of hydrogen-bond donors (Lipinski definition) is 1. The fourth-order valence-corrected chi connectivity index (χ4v) is 1.66. The van der Waals surface area contributed by atoms with Crippen LogP contribution in [0.4, 0.5) is 13.2 Å². The third kappa shape index (κ3) is 2.80. The van der Waals surface area contributed by atoms with E-state index < -0.39 is 18.6 Å². The van der Waals surface area contributed by atoms with Crippen molar-refractivity contribution in [2.24, 2.45) is 5.73 Å². The minimum absolute atomic E-state index is 0.00660. The van der Waals surface area contributed by atoms with E-state index in [-0.39, 0.29) is 10.6 Å². The largest absolute Gasteiger partial charge is 0.497 e. The molecule has 0 bridgehead atoms. The summed E-state index contributed by atoms with van der Waals surface area (Å²) in [6, 6.07) is 4.05. The normalized spacial score (nSPS) is 13.6. The second-order valence-corrected chi connectivity index (χ2v) is 3.62. The first-order valence-electron chi connectivity index (χ1n) is 4.50. The summed E-state index contributed by atoms with van der Waals surface area (Å²) in [4.78, 5) is 0. The maximum absolute atomic E-state index is 12.6. The van der Waals surface area contributed by atoms with Crippen LogP contribution in [0.1, 0.15) is 11.5 Å². The lowest BCUT2D eigenvalue weighted by Crippen LogP contribution is -2.28. The molecule has 0 aliphatic rings. The van der Waals surface area contributed by atoms with Gasteiger partial charge in [0.05, 0.1) is 13.0 Å². The number of methoxy groups -OCH3 is 1. The van der Waals surface area contributed by atoms with Gasteiger partial charge in [0.1, 0.15) is 5.75 Å². The van der Waals surface area contributed by atoms with Crippen LogP contribution in [-0.4, -0.2) is 19.8 Å². The summed E-state index contributed by atoms with van der Waals surface area (Å²) in [6.45, 7) is -0.532. The first-order chi connectivity index (χ1) is 7.40. The van der Waals surface area contributed by atoms with Gasteiger partial charge < -0.3 is 10.5 Å². The topological polar surface area (TPSA) is 35.2 Å². The Balaban J connectivity index is 3.12. The first kappa shape index (κ1) is 13.1. The van der Waals surface area contributed by atoms with Crippen molar-refractivity contribution in [3.05, 3.63) is 28.8 Å². The molecule has 0 heterocycles. The van der Waals surface area contributed by atoms with Gasteiger partial charge in [0.25, 0.3) is 0 Å². The maximum atomic E-state index is 12.6. The summed E-state index contributed by atoms with van der Waals surface area (Å²) in [6.07, 6.45) is -4.40. The van der Waals surface area contributed by atoms with Crippen LogP contribution in [0.3, 0.4) is 0 Å². The summed E-state index contributed by atoms with van der Waals surface area (Å²) in [5.41, 5.74) is 5.09. The number of ether oxygens (including phenoxy) is 1. The van der Waals surface area contributed by atoms with E-state index in [2.05, 4.69) is 0 Å². The highest BCUT2D eigenvalue weighted by molar-refractivity contribution is 6.31. The second-order valence-electron chi connectivity index (χ2n) is 3.22. The molecule has 1 rings (SSSR count). The summed E-state index contributed by atoms with van der Waals surface area (Å²) in [7, 11) is 1.41. The zero-order valence-electron chi connectivity index (χ0n) is 8.51. The summed E-state index contributed by atoms with van der Waals surface area (Å²) >= 11 is 5.75. The number of rotatable bonds is 3. The highest BCUT2D eigenvalue weighted by Crippen LogP contribution is 2.38. The molecule has 0 fully saturated rings. The van der Waals surface area contributed by atoms with E-state index >= 15 is 0 Å². The van der Waals surface area contributed by atoms with Crippen LogP contribution in [-0.2, 0) is 0 Å². The van der Waals surface area contributed by atoms with Crippen molar-refractivity contribution in [1.29, 1.82) is 0 Å². The SMILES string of the molecule is COc1ccc(C(CN)C(F)(F)F)c(Cl)c1. The Kier molecular flexibility index (Phi) is 4.04. The van der Waals surface area contributed by atoms with Crippen LogP contribution >= 0.6 is 11.6 Å². The molecule has 0 aliphatic carbocycles.